The largest absolute Gasteiger partial charge is 0.490 e. The Morgan fingerprint density at radius 3 is 2.11 bits per heavy atom. The fourth-order valence-electron chi connectivity index (χ4n) is 2.81. The Labute approximate surface area is 159 Å². The van der Waals surface area contributed by atoms with Crippen molar-refractivity contribution in [2.45, 2.75) is 13.8 Å². The van der Waals surface area contributed by atoms with Crippen molar-refractivity contribution in [1.29, 1.82) is 0 Å². The molecule has 1 amide bonds. The first kappa shape index (κ1) is 18.5. The Hall–Kier alpha value is -3.27. The monoisotopic (exact) mass is 361 g/mol. The number of carbonyl (C=O) groups excluding carboxylic acids is 1. The number of para-hydroxylation sites is 1. The van der Waals surface area contributed by atoms with Crippen LogP contribution >= 0.6 is 0 Å². The summed E-state index contributed by atoms with van der Waals surface area (Å²) in [4.78, 5) is 12.5. The first-order valence-electron chi connectivity index (χ1n) is 8.90. The molecule has 0 aliphatic heterocycles. The van der Waals surface area contributed by atoms with Crippen molar-refractivity contribution in [3.63, 3.8) is 0 Å². The standard InChI is InChI=1S/C23H23NO3/c1-17-13-18(2)15-20(14-17)24-23(25)19-7-6-10-22(16-19)27-12-11-26-21-8-4-3-5-9-21/h3-10,13-16H,11-12H2,1-2H3,(H,24,25). The third-order valence-corrected chi connectivity index (χ3v) is 3.94. The zero-order valence-electron chi connectivity index (χ0n) is 15.6. The summed E-state index contributed by atoms with van der Waals surface area (Å²) in [5.41, 5.74) is 3.57. The third kappa shape index (κ3) is 5.61. The van der Waals surface area contributed by atoms with Gasteiger partial charge >= 0.3 is 0 Å². The molecule has 0 bridgehead atoms. The van der Waals surface area contributed by atoms with Gasteiger partial charge in [-0.2, -0.15) is 0 Å². The molecule has 0 aliphatic carbocycles. The maximum atomic E-state index is 12.5. The second-order valence-corrected chi connectivity index (χ2v) is 6.37. The molecule has 3 rings (SSSR count). The van der Waals surface area contributed by atoms with Crippen LogP contribution < -0.4 is 14.8 Å². The van der Waals surface area contributed by atoms with Crippen molar-refractivity contribution >= 4 is 11.6 Å². The van der Waals surface area contributed by atoms with Crippen LogP contribution in [0.25, 0.3) is 0 Å². The molecule has 27 heavy (non-hydrogen) atoms. The first-order chi connectivity index (χ1) is 13.1. The molecule has 0 atom stereocenters. The quantitative estimate of drug-likeness (QED) is 0.602. The molecule has 0 saturated carbocycles. The molecule has 0 aromatic heterocycles. The van der Waals surface area contributed by atoms with Crippen LogP contribution in [0.1, 0.15) is 21.5 Å². The van der Waals surface area contributed by atoms with Gasteiger partial charge in [-0.25, -0.2) is 0 Å². The highest BCUT2D eigenvalue weighted by atomic mass is 16.5. The smallest absolute Gasteiger partial charge is 0.255 e. The molecule has 3 aromatic carbocycles. The summed E-state index contributed by atoms with van der Waals surface area (Å²) in [6, 6.07) is 22.7. The molecular weight excluding hydrogens is 338 g/mol. The zero-order valence-corrected chi connectivity index (χ0v) is 15.6. The SMILES string of the molecule is Cc1cc(C)cc(NC(=O)c2cccc(OCCOc3ccccc3)c2)c1. The van der Waals surface area contributed by atoms with Gasteiger partial charge in [-0.3, -0.25) is 4.79 Å². The fourth-order valence-corrected chi connectivity index (χ4v) is 2.81. The first-order valence-corrected chi connectivity index (χ1v) is 8.90. The van der Waals surface area contributed by atoms with E-state index in [9.17, 15) is 4.79 Å². The average molecular weight is 361 g/mol. The zero-order chi connectivity index (χ0) is 19.1. The normalized spacial score (nSPS) is 10.3. The summed E-state index contributed by atoms with van der Waals surface area (Å²) < 4.78 is 11.3. The van der Waals surface area contributed by atoms with E-state index in [2.05, 4.69) is 11.4 Å². The molecule has 0 fully saturated rings. The lowest BCUT2D eigenvalue weighted by Gasteiger charge is -2.10. The Bertz CT molecular complexity index is 886. The Morgan fingerprint density at radius 2 is 1.41 bits per heavy atom. The molecule has 0 radical (unpaired) electrons. The number of amides is 1. The van der Waals surface area contributed by atoms with Crippen LogP contribution in [0, 0.1) is 13.8 Å². The number of ether oxygens (including phenoxy) is 2. The van der Waals surface area contributed by atoms with Gasteiger partial charge in [0.25, 0.3) is 5.91 Å². The number of nitrogens with one attached hydrogen (secondary N) is 1. The Morgan fingerprint density at radius 1 is 0.778 bits per heavy atom. The van der Waals surface area contributed by atoms with E-state index >= 15 is 0 Å². The van der Waals surface area contributed by atoms with Crippen molar-refractivity contribution < 1.29 is 14.3 Å². The molecule has 4 nitrogen and oxygen atoms in total. The van der Waals surface area contributed by atoms with Gasteiger partial charge in [0.15, 0.2) is 0 Å². The van der Waals surface area contributed by atoms with E-state index in [0.717, 1.165) is 22.6 Å². The third-order valence-electron chi connectivity index (χ3n) is 3.94. The van der Waals surface area contributed by atoms with Crippen molar-refractivity contribution in [2.75, 3.05) is 18.5 Å². The maximum Gasteiger partial charge on any atom is 0.255 e. The Balaban J connectivity index is 1.55. The topological polar surface area (TPSA) is 47.6 Å². The molecule has 3 aromatic rings. The number of anilines is 1. The van der Waals surface area contributed by atoms with Gasteiger partial charge in [-0.1, -0.05) is 30.3 Å². The molecular formula is C23H23NO3. The lowest BCUT2D eigenvalue weighted by atomic mass is 10.1. The van der Waals surface area contributed by atoms with Crippen molar-refractivity contribution in [1.82, 2.24) is 0 Å². The van der Waals surface area contributed by atoms with Gasteiger partial charge in [0.05, 0.1) is 0 Å². The molecule has 1 N–H and O–H groups in total. The molecule has 0 spiro atoms. The van der Waals surface area contributed by atoms with Gasteiger partial charge in [-0.05, 0) is 67.4 Å². The minimum Gasteiger partial charge on any atom is -0.490 e. The second kappa shape index (κ2) is 8.90. The minimum atomic E-state index is -0.161. The van der Waals surface area contributed by atoms with Gasteiger partial charge in [0.2, 0.25) is 0 Å². The summed E-state index contributed by atoms with van der Waals surface area (Å²) in [5, 5.41) is 2.94. The number of aryl methyl sites for hydroxylation is 2. The number of rotatable bonds is 7. The summed E-state index contributed by atoms with van der Waals surface area (Å²) in [7, 11) is 0. The van der Waals surface area contributed by atoms with E-state index in [1.54, 1.807) is 12.1 Å². The molecule has 0 unspecified atom stereocenters. The summed E-state index contributed by atoms with van der Waals surface area (Å²) in [5.74, 6) is 1.29. The maximum absolute atomic E-state index is 12.5. The number of benzene rings is 3. The van der Waals surface area contributed by atoms with Crippen LogP contribution in [0.4, 0.5) is 5.69 Å². The highest BCUT2D eigenvalue weighted by Crippen LogP contribution is 2.18. The number of hydrogen-bond donors (Lipinski definition) is 1. The lowest BCUT2D eigenvalue weighted by Crippen LogP contribution is -2.13. The van der Waals surface area contributed by atoms with Gasteiger partial charge < -0.3 is 14.8 Å². The number of hydrogen-bond acceptors (Lipinski definition) is 3. The van der Waals surface area contributed by atoms with Crippen molar-refractivity contribution in [3.05, 3.63) is 89.5 Å². The lowest BCUT2D eigenvalue weighted by molar-refractivity contribution is 0.102. The molecule has 0 heterocycles. The van der Waals surface area contributed by atoms with Crippen molar-refractivity contribution in [3.8, 4) is 11.5 Å². The van der Waals surface area contributed by atoms with E-state index in [-0.39, 0.29) is 5.91 Å². The van der Waals surface area contributed by atoms with Gasteiger partial charge in [0.1, 0.15) is 24.7 Å². The summed E-state index contributed by atoms with van der Waals surface area (Å²) in [6.45, 7) is 4.85. The van der Waals surface area contributed by atoms with Gasteiger partial charge in [0, 0.05) is 11.3 Å². The van der Waals surface area contributed by atoms with Crippen LogP contribution in [0.3, 0.4) is 0 Å². The molecule has 0 aliphatic rings. The molecule has 4 heteroatoms. The van der Waals surface area contributed by atoms with Crippen LogP contribution in [0.5, 0.6) is 11.5 Å². The van der Waals surface area contributed by atoms with Crippen LogP contribution in [-0.2, 0) is 0 Å². The average Bonchev–Trinajstić information content (AvgIpc) is 2.65. The number of carbonyl (C=O) groups is 1. The molecule has 0 saturated heterocycles. The minimum absolute atomic E-state index is 0.161. The van der Waals surface area contributed by atoms with Gasteiger partial charge in [-0.15, -0.1) is 0 Å². The highest BCUT2D eigenvalue weighted by molar-refractivity contribution is 6.04. The highest BCUT2D eigenvalue weighted by Gasteiger charge is 2.08. The van der Waals surface area contributed by atoms with Crippen LogP contribution in [0.15, 0.2) is 72.8 Å². The van der Waals surface area contributed by atoms with Crippen molar-refractivity contribution in [2.24, 2.45) is 0 Å². The van der Waals surface area contributed by atoms with E-state index in [4.69, 9.17) is 9.47 Å². The Kier molecular flexibility index (Phi) is 6.10. The van der Waals surface area contributed by atoms with E-state index < -0.39 is 0 Å². The van der Waals surface area contributed by atoms with E-state index in [1.807, 2.05) is 68.4 Å². The summed E-state index contributed by atoms with van der Waals surface area (Å²) >= 11 is 0. The van der Waals surface area contributed by atoms with Crippen LogP contribution in [-0.4, -0.2) is 19.1 Å². The van der Waals surface area contributed by atoms with E-state index in [1.165, 1.54) is 0 Å². The summed E-state index contributed by atoms with van der Waals surface area (Å²) in [6.07, 6.45) is 0. The molecule has 138 valence electrons. The second-order valence-electron chi connectivity index (χ2n) is 6.37. The van der Waals surface area contributed by atoms with E-state index in [0.29, 0.717) is 24.5 Å². The predicted octanol–water partition coefficient (Wildman–Crippen LogP) is 5.01. The predicted molar refractivity (Wildman–Crippen MR) is 108 cm³/mol. The van der Waals surface area contributed by atoms with Crippen LogP contribution in [0.2, 0.25) is 0 Å². The fraction of sp³-hybridized carbons (Fsp3) is 0.174.